The molecule has 28 heavy (non-hydrogen) atoms. The number of hydrogen-bond acceptors (Lipinski definition) is 5. The van der Waals surface area contributed by atoms with Gasteiger partial charge in [0.25, 0.3) is 0 Å². The SMILES string of the molecule is COC(=O)N1CCO[C@@H](Cn2cc(-c3ccc(C#CC4CC4)cc3C)nn2)C1. The van der Waals surface area contributed by atoms with E-state index in [4.69, 9.17) is 9.47 Å². The van der Waals surface area contributed by atoms with Gasteiger partial charge in [-0.05, 0) is 37.5 Å². The molecule has 0 unspecified atom stereocenters. The molecule has 1 amide bonds. The molecule has 2 aliphatic rings. The fourth-order valence-electron chi connectivity index (χ4n) is 3.29. The summed E-state index contributed by atoms with van der Waals surface area (Å²) in [4.78, 5) is 13.4. The van der Waals surface area contributed by atoms with Crippen LogP contribution in [0.5, 0.6) is 0 Å². The minimum atomic E-state index is -0.326. The summed E-state index contributed by atoms with van der Waals surface area (Å²) in [5, 5.41) is 8.55. The van der Waals surface area contributed by atoms with Crippen LogP contribution < -0.4 is 0 Å². The highest BCUT2D eigenvalue weighted by Crippen LogP contribution is 2.28. The fourth-order valence-corrected chi connectivity index (χ4v) is 3.29. The summed E-state index contributed by atoms with van der Waals surface area (Å²) in [5.41, 5.74) is 4.03. The number of carbonyl (C=O) groups excluding carboxylic acids is 1. The number of nitrogens with zero attached hydrogens (tertiary/aromatic N) is 4. The van der Waals surface area contributed by atoms with E-state index in [1.165, 1.54) is 20.0 Å². The summed E-state index contributed by atoms with van der Waals surface area (Å²) in [7, 11) is 1.39. The Bertz CT molecular complexity index is 923. The summed E-state index contributed by atoms with van der Waals surface area (Å²) < 4.78 is 12.3. The summed E-state index contributed by atoms with van der Waals surface area (Å²) >= 11 is 0. The predicted octanol–water partition coefficient (Wildman–Crippen LogP) is 2.48. The van der Waals surface area contributed by atoms with Crippen molar-refractivity contribution >= 4 is 6.09 Å². The van der Waals surface area contributed by atoms with Crippen molar-refractivity contribution in [2.45, 2.75) is 32.4 Å². The first-order valence-corrected chi connectivity index (χ1v) is 9.59. The van der Waals surface area contributed by atoms with E-state index >= 15 is 0 Å². The molecule has 1 saturated heterocycles. The Hall–Kier alpha value is -2.85. The van der Waals surface area contributed by atoms with E-state index in [1.807, 2.05) is 12.3 Å². The number of benzene rings is 1. The van der Waals surface area contributed by atoms with Crippen molar-refractivity contribution in [2.75, 3.05) is 26.8 Å². The van der Waals surface area contributed by atoms with Gasteiger partial charge in [-0.25, -0.2) is 9.48 Å². The minimum Gasteiger partial charge on any atom is -0.453 e. The standard InChI is InChI=1S/C21H24N4O3/c1-15-11-17(6-5-16-3-4-16)7-8-19(15)20-14-25(23-22-20)13-18-12-24(9-10-28-18)21(26)27-2/h7-8,11,14,16,18H,3-4,9-10,12-13H2,1-2H3/t18-/m1/s1. The molecule has 4 rings (SSSR count). The van der Waals surface area contributed by atoms with Crippen molar-refractivity contribution in [1.82, 2.24) is 19.9 Å². The molecule has 1 aromatic carbocycles. The van der Waals surface area contributed by atoms with Gasteiger partial charge in [0.1, 0.15) is 5.69 Å². The van der Waals surface area contributed by atoms with Crippen LogP contribution in [0.25, 0.3) is 11.3 Å². The molecule has 7 heteroatoms. The lowest BCUT2D eigenvalue weighted by Crippen LogP contribution is -2.47. The number of hydrogen-bond donors (Lipinski definition) is 0. The normalized spacial score (nSPS) is 19.1. The maximum atomic E-state index is 11.7. The molecule has 0 spiro atoms. The van der Waals surface area contributed by atoms with E-state index in [2.05, 4.69) is 41.2 Å². The molecule has 1 saturated carbocycles. The first-order valence-electron chi connectivity index (χ1n) is 9.59. The van der Waals surface area contributed by atoms with Gasteiger partial charge in [0.15, 0.2) is 0 Å². The van der Waals surface area contributed by atoms with E-state index in [0.29, 0.717) is 32.2 Å². The largest absolute Gasteiger partial charge is 0.453 e. The lowest BCUT2D eigenvalue weighted by molar-refractivity contribution is -0.0332. The maximum absolute atomic E-state index is 11.7. The van der Waals surface area contributed by atoms with Gasteiger partial charge in [0.05, 0.1) is 39.1 Å². The topological polar surface area (TPSA) is 69.5 Å². The Labute approximate surface area is 164 Å². The molecule has 2 heterocycles. The fraction of sp³-hybridized carbons (Fsp3) is 0.476. The Morgan fingerprint density at radius 2 is 2.25 bits per heavy atom. The van der Waals surface area contributed by atoms with E-state index in [1.54, 1.807) is 9.58 Å². The molecule has 0 bridgehead atoms. The molecule has 1 aromatic heterocycles. The molecule has 146 valence electrons. The van der Waals surface area contributed by atoms with E-state index in [-0.39, 0.29) is 12.2 Å². The van der Waals surface area contributed by atoms with Crippen molar-refractivity contribution in [2.24, 2.45) is 5.92 Å². The molecule has 1 aliphatic carbocycles. The minimum absolute atomic E-state index is 0.136. The number of amides is 1. The lowest BCUT2D eigenvalue weighted by atomic mass is 10.0. The molecule has 0 N–H and O–H groups in total. The lowest BCUT2D eigenvalue weighted by Gasteiger charge is -2.31. The van der Waals surface area contributed by atoms with Crippen LogP contribution in [0, 0.1) is 24.7 Å². The summed E-state index contributed by atoms with van der Waals surface area (Å²) in [6.45, 7) is 4.11. The van der Waals surface area contributed by atoms with E-state index in [0.717, 1.165) is 22.4 Å². The van der Waals surface area contributed by atoms with E-state index < -0.39 is 0 Å². The highest BCUT2D eigenvalue weighted by Gasteiger charge is 2.25. The molecular formula is C21H24N4O3. The van der Waals surface area contributed by atoms with Gasteiger partial charge in [-0.2, -0.15) is 0 Å². The third kappa shape index (κ3) is 4.34. The second kappa shape index (κ2) is 8.03. The van der Waals surface area contributed by atoms with E-state index in [9.17, 15) is 4.79 Å². The van der Waals surface area contributed by atoms with Crippen LogP contribution in [0.3, 0.4) is 0 Å². The first-order chi connectivity index (χ1) is 13.6. The number of aryl methyl sites for hydroxylation is 1. The second-order valence-corrected chi connectivity index (χ2v) is 7.31. The van der Waals surface area contributed by atoms with Crippen LogP contribution >= 0.6 is 0 Å². The van der Waals surface area contributed by atoms with Gasteiger partial charge < -0.3 is 14.4 Å². The van der Waals surface area contributed by atoms with Crippen molar-refractivity contribution < 1.29 is 14.3 Å². The summed E-state index contributed by atoms with van der Waals surface area (Å²) in [6.07, 6.45) is 3.92. The maximum Gasteiger partial charge on any atom is 0.409 e. The van der Waals surface area contributed by atoms with Crippen molar-refractivity contribution in [3.63, 3.8) is 0 Å². The van der Waals surface area contributed by atoms with Gasteiger partial charge in [-0.1, -0.05) is 23.1 Å². The molecular weight excluding hydrogens is 356 g/mol. The Kier molecular flexibility index (Phi) is 5.31. The molecule has 2 aromatic rings. The average Bonchev–Trinajstić information content (AvgIpc) is 3.43. The molecule has 7 nitrogen and oxygen atoms in total. The van der Waals surface area contributed by atoms with Crippen molar-refractivity contribution in [1.29, 1.82) is 0 Å². The molecule has 1 atom stereocenters. The first kappa shape index (κ1) is 18.5. The van der Waals surface area contributed by atoms with Gasteiger partial charge in [0, 0.05) is 23.6 Å². The number of rotatable bonds is 3. The third-order valence-electron chi connectivity index (χ3n) is 5.00. The van der Waals surface area contributed by atoms with Crippen LogP contribution in [-0.2, 0) is 16.0 Å². The second-order valence-electron chi connectivity index (χ2n) is 7.31. The monoisotopic (exact) mass is 380 g/mol. The van der Waals surface area contributed by atoms with Gasteiger partial charge in [-0.15, -0.1) is 5.10 Å². The number of ether oxygens (including phenoxy) is 2. The number of methoxy groups -OCH3 is 1. The van der Waals surface area contributed by atoms with Crippen LogP contribution in [0.15, 0.2) is 24.4 Å². The predicted molar refractivity (Wildman–Crippen MR) is 104 cm³/mol. The number of morpholine rings is 1. The van der Waals surface area contributed by atoms with Gasteiger partial charge in [-0.3, -0.25) is 0 Å². The number of carbonyl (C=O) groups is 1. The average molecular weight is 380 g/mol. The molecule has 0 radical (unpaired) electrons. The smallest absolute Gasteiger partial charge is 0.409 e. The van der Waals surface area contributed by atoms with Gasteiger partial charge in [0.2, 0.25) is 0 Å². The summed E-state index contributed by atoms with van der Waals surface area (Å²) in [5.74, 6) is 7.14. The molecule has 1 aliphatic heterocycles. The number of aromatic nitrogens is 3. The van der Waals surface area contributed by atoms with Crippen LogP contribution in [0.2, 0.25) is 0 Å². The quantitative estimate of drug-likeness (QED) is 0.765. The van der Waals surface area contributed by atoms with Crippen molar-refractivity contribution in [3.8, 4) is 23.1 Å². The zero-order valence-corrected chi connectivity index (χ0v) is 16.2. The Morgan fingerprint density at radius 3 is 3.00 bits per heavy atom. The Balaban J connectivity index is 1.43. The molecule has 2 fully saturated rings. The third-order valence-corrected chi connectivity index (χ3v) is 5.00. The zero-order valence-electron chi connectivity index (χ0n) is 16.2. The van der Waals surface area contributed by atoms with Gasteiger partial charge >= 0.3 is 6.09 Å². The van der Waals surface area contributed by atoms with Crippen LogP contribution in [0.4, 0.5) is 4.79 Å². The highest BCUT2D eigenvalue weighted by molar-refractivity contribution is 5.67. The summed E-state index contributed by atoms with van der Waals surface area (Å²) in [6, 6.07) is 6.19. The van der Waals surface area contributed by atoms with Crippen LogP contribution in [0.1, 0.15) is 24.0 Å². The Morgan fingerprint density at radius 1 is 1.39 bits per heavy atom. The van der Waals surface area contributed by atoms with Crippen molar-refractivity contribution in [3.05, 3.63) is 35.5 Å². The van der Waals surface area contributed by atoms with Crippen LogP contribution in [-0.4, -0.2) is 58.9 Å². The highest BCUT2D eigenvalue weighted by atomic mass is 16.5. The zero-order chi connectivity index (χ0) is 19.5.